The highest BCUT2D eigenvalue weighted by Gasteiger charge is 2.27. The molecular formula is C24H20ClN3O2S2. The lowest BCUT2D eigenvalue weighted by atomic mass is 10.1. The molecule has 162 valence electrons. The van der Waals surface area contributed by atoms with E-state index < -0.39 is 5.25 Å². The van der Waals surface area contributed by atoms with Crippen molar-refractivity contribution in [3.8, 4) is 5.69 Å². The van der Waals surface area contributed by atoms with Gasteiger partial charge in [0.1, 0.15) is 0 Å². The number of benzene rings is 2. The number of carbonyl (C=O) groups is 1. The molecule has 0 aliphatic carbocycles. The maximum absolute atomic E-state index is 13.4. The zero-order valence-electron chi connectivity index (χ0n) is 17.3. The Morgan fingerprint density at radius 2 is 2.03 bits per heavy atom. The molecule has 1 aliphatic rings. The molecule has 2 aromatic heterocycles. The molecule has 0 fully saturated rings. The average molecular weight is 482 g/mol. The topological polar surface area (TPSA) is 55.2 Å². The van der Waals surface area contributed by atoms with E-state index in [9.17, 15) is 9.59 Å². The Morgan fingerprint density at radius 3 is 2.88 bits per heavy atom. The first-order valence-corrected chi connectivity index (χ1v) is 12.4. The van der Waals surface area contributed by atoms with Gasteiger partial charge >= 0.3 is 0 Å². The third-order valence-electron chi connectivity index (χ3n) is 5.56. The van der Waals surface area contributed by atoms with E-state index in [-0.39, 0.29) is 11.5 Å². The van der Waals surface area contributed by atoms with Crippen LogP contribution in [-0.2, 0) is 17.8 Å². The Balaban J connectivity index is 1.51. The number of hydrogen-bond acceptors (Lipinski definition) is 5. The molecule has 5 rings (SSSR count). The summed E-state index contributed by atoms with van der Waals surface area (Å²) in [6.07, 6.45) is 0.886. The third kappa shape index (κ3) is 3.96. The van der Waals surface area contributed by atoms with E-state index in [1.165, 1.54) is 22.2 Å². The van der Waals surface area contributed by atoms with Crippen LogP contribution in [0.4, 0.5) is 0 Å². The predicted molar refractivity (Wildman–Crippen MR) is 131 cm³/mol. The largest absolute Gasteiger partial charge is 0.337 e. The van der Waals surface area contributed by atoms with Gasteiger partial charge in [0, 0.05) is 23.0 Å². The number of thioether (sulfide) groups is 1. The second-order valence-corrected chi connectivity index (χ2v) is 10.4. The summed E-state index contributed by atoms with van der Waals surface area (Å²) in [6.45, 7) is 3.22. The van der Waals surface area contributed by atoms with E-state index >= 15 is 0 Å². The fraction of sp³-hybridized carbons (Fsp3) is 0.208. The van der Waals surface area contributed by atoms with Crippen LogP contribution in [0.5, 0.6) is 0 Å². The van der Waals surface area contributed by atoms with Gasteiger partial charge in [-0.05, 0) is 60.7 Å². The van der Waals surface area contributed by atoms with Gasteiger partial charge in [0.25, 0.3) is 5.56 Å². The standard InChI is InChI=1S/C24H20ClN3O2S2/c1-15(22(29)27-11-9-21-16(14-27)10-12-31-21)32-24-26-20-8-3-2-7-19(20)23(30)28(24)18-6-4-5-17(25)13-18/h2-8,10,12-13,15H,9,11,14H2,1H3. The maximum Gasteiger partial charge on any atom is 0.266 e. The minimum absolute atomic E-state index is 0.0481. The zero-order valence-corrected chi connectivity index (χ0v) is 19.7. The number of hydrogen-bond donors (Lipinski definition) is 0. The van der Waals surface area contributed by atoms with Crippen molar-refractivity contribution in [3.63, 3.8) is 0 Å². The molecule has 0 radical (unpaired) electrons. The lowest BCUT2D eigenvalue weighted by Crippen LogP contribution is -2.40. The first kappa shape index (κ1) is 21.2. The van der Waals surface area contributed by atoms with Crippen molar-refractivity contribution >= 4 is 51.5 Å². The molecule has 8 heteroatoms. The molecule has 0 spiro atoms. The Hall–Kier alpha value is -2.61. The molecule has 4 aromatic rings. The van der Waals surface area contributed by atoms with Crippen molar-refractivity contribution in [1.82, 2.24) is 14.5 Å². The predicted octanol–water partition coefficient (Wildman–Crippen LogP) is 5.17. The monoisotopic (exact) mass is 481 g/mol. The van der Waals surface area contributed by atoms with Crippen LogP contribution in [0.2, 0.25) is 5.02 Å². The first-order valence-electron chi connectivity index (χ1n) is 10.3. The Labute approximate surface area is 198 Å². The molecule has 1 amide bonds. The maximum atomic E-state index is 13.4. The molecule has 0 bridgehead atoms. The summed E-state index contributed by atoms with van der Waals surface area (Å²) in [4.78, 5) is 34.7. The SMILES string of the molecule is CC(Sc1nc2ccccc2c(=O)n1-c1cccc(Cl)c1)C(=O)N1CCc2sccc2C1. The summed E-state index contributed by atoms with van der Waals surface area (Å²) in [7, 11) is 0. The van der Waals surface area contributed by atoms with Crippen LogP contribution in [0.3, 0.4) is 0 Å². The molecule has 0 saturated heterocycles. The van der Waals surface area contributed by atoms with Gasteiger partial charge in [0.15, 0.2) is 5.16 Å². The van der Waals surface area contributed by atoms with Crippen molar-refractivity contribution in [2.24, 2.45) is 0 Å². The van der Waals surface area contributed by atoms with E-state index in [0.717, 1.165) is 6.42 Å². The fourth-order valence-corrected chi connectivity index (χ4v) is 6.02. The molecule has 0 saturated carbocycles. The first-order chi connectivity index (χ1) is 15.5. The number of halogens is 1. The van der Waals surface area contributed by atoms with Crippen LogP contribution >= 0.6 is 34.7 Å². The van der Waals surface area contributed by atoms with Crippen molar-refractivity contribution in [2.75, 3.05) is 6.54 Å². The molecule has 1 aliphatic heterocycles. The Kier molecular flexibility index (Phi) is 5.80. The molecule has 32 heavy (non-hydrogen) atoms. The van der Waals surface area contributed by atoms with Gasteiger partial charge in [0.2, 0.25) is 5.91 Å². The smallest absolute Gasteiger partial charge is 0.266 e. The highest BCUT2D eigenvalue weighted by atomic mass is 35.5. The summed E-state index contributed by atoms with van der Waals surface area (Å²) in [5, 5.41) is 3.22. The van der Waals surface area contributed by atoms with Gasteiger partial charge in [-0.2, -0.15) is 0 Å². The van der Waals surface area contributed by atoms with Crippen LogP contribution in [0.1, 0.15) is 17.4 Å². The molecular weight excluding hydrogens is 462 g/mol. The molecule has 5 nitrogen and oxygen atoms in total. The number of para-hydroxylation sites is 1. The van der Waals surface area contributed by atoms with Crippen molar-refractivity contribution in [2.45, 2.75) is 30.3 Å². The fourth-order valence-electron chi connectivity index (χ4n) is 3.94. The van der Waals surface area contributed by atoms with Gasteiger partial charge < -0.3 is 4.90 Å². The normalized spacial score (nSPS) is 14.4. The molecule has 0 N–H and O–H groups in total. The van der Waals surface area contributed by atoms with E-state index in [4.69, 9.17) is 16.6 Å². The second-order valence-electron chi connectivity index (χ2n) is 7.67. The number of rotatable bonds is 4. The van der Waals surface area contributed by atoms with Crippen molar-refractivity contribution in [1.29, 1.82) is 0 Å². The van der Waals surface area contributed by atoms with Crippen LogP contribution in [-0.4, -0.2) is 32.2 Å². The van der Waals surface area contributed by atoms with Gasteiger partial charge in [-0.15, -0.1) is 11.3 Å². The number of amides is 1. The molecule has 1 atom stereocenters. The zero-order chi connectivity index (χ0) is 22.2. The summed E-state index contributed by atoms with van der Waals surface area (Å²) < 4.78 is 1.55. The van der Waals surface area contributed by atoms with Crippen LogP contribution < -0.4 is 5.56 Å². The van der Waals surface area contributed by atoms with Gasteiger partial charge in [-0.25, -0.2) is 4.98 Å². The van der Waals surface area contributed by atoms with Crippen LogP contribution in [0.15, 0.2) is 69.9 Å². The average Bonchev–Trinajstić information content (AvgIpc) is 3.26. The van der Waals surface area contributed by atoms with E-state index in [0.29, 0.717) is 39.9 Å². The number of nitrogens with zero attached hydrogens (tertiary/aromatic N) is 3. The summed E-state index contributed by atoms with van der Waals surface area (Å²) in [6, 6.07) is 16.5. The number of carbonyl (C=O) groups excluding carboxylic acids is 1. The minimum atomic E-state index is -0.395. The van der Waals surface area contributed by atoms with Crippen LogP contribution in [0, 0.1) is 0 Å². The van der Waals surface area contributed by atoms with E-state index in [1.54, 1.807) is 40.2 Å². The summed E-state index contributed by atoms with van der Waals surface area (Å²) >= 11 is 9.26. The van der Waals surface area contributed by atoms with Crippen molar-refractivity contribution < 1.29 is 4.79 Å². The number of thiophene rings is 1. The highest BCUT2D eigenvalue weighted by Crippen LogP contribution is 2.29. The Bertz CT molecular complexity index is 1380. The van der Waals surface area contributed by atoms with Gasteiger partial charge in [-0.3, -0.25) is 14.2 Å². The molecule has 2 aromatic carbocycles. The quantitative estimate of drug-likeness (QED) is 0.298. The number of fused-ring (bicyclic) bond motifs is 2. The second kappa shape index (κ2) is 8.73. The van der Waals surface area contributed by atoms with Crippen molar-refractivity contribution in [3.05, 3.63) is 85.8 Å². The van der Waals surface area contributed by atoms with Gasteiger partial charge in [0.05, 0.1) is 21.8 Å². The summed E-state index contributed by atoms with van der Waals surface area (Å²) in [5.74, 6) is 0.0481. The summed E-state index contributed by atoms with van der Waals surface area (Å²) in [5.41, 5.74) is 2.29. The van der Waals surface area contributed by atoms with E-state index in [2.05, 4.69) is 11.4 Å². The third-order valence-corrected chi connectivity index (χ3v) is 7.86. The number of aromatic nitrogens is 2. The van der Waals surface area contributed by atoms with Gasteiger partial charge in [-0.1, -0.05) is 41.6 Å². The lowest BCUT2D eigenvalue weighted by Gasteiger charge is -2.29. The van der Waals surface area contributed by atoms with E-state index in [1.807, 2.05) is 36.1 Å². The molecule has 3 heterocycles. The van der Waals surface area contributed by atoms with Crippen LogP contribution in [0.25, 0.3) is 16.6 Å². The Morgan fingerprint density at radius 1 is 1.19 bits per heavy atom. The highest BCUT2D eigenvalue weighted by molar-refractivity contribution is 8.00. The lowest BCUT2D eigenvalue weighted by molar-refractivity contribution is -0.131. The minimum Gasteiger partial charge on any atom is -0.337 e. The molecule has 1 unspecified atom stereocenters.